The minimum Gasteiger partial charge on any atom is -0.476 e. The maximum Gasteiger partial charge on any atom is 0.373 e. The molecule has 0 fully saturated rings. The first-order valence-corrected chi connectivity index (χ1v) is 34.7. The predicted octanol–water partition coefficient (Wildman–Crippen LogP) is -10.3. The van der Waals surface area contributed by atoms with Crippen LogP contribution in [0.3, 0.4) is 0 Å². The fourth-order valence-corrected chi connectivity index (χ4v) is 8.87. The van der Waals surface area contributed by atoms with E-state index in [1.54, 1.807) is 20.2 Å². The molecule has 0 saturated heterocycles. The Morgan fingerprint density at radius 3 is 1.12 bits per heavy atom. The minimum atomic E-state index is -1.32. The predicted molar refractivity (Wildman–Crippen MR) is 412 cm³/mol. The van der Waals surface area contributed by atoms with Crippen molar-refractivity contribution < 1.29 is 141 Å². The number of carbonyl (C=O) groups is 2. The Balaban J connectivity index is 0. The van der Waals surface area contributed by atoms with Gasteiger partial charge in [0.25, 0.3) is 17.5 Å². The summed E-state index contributed by atoms with van der Waals surface area (Å²) >= 11 is 0. The van der Waals surface area contributed by atoms with E-state index in [9.17, 15) is 55.9 Å². The third-order valence-electron chi connectivity index (χ3n) is 14.3. The molecule has 5 aromatic rings. The molecule has 54 heteroatoms. The number of carboxylic acid groups (broad SMARTS) is 2. The zero-order valence-electron chi connectivity index (χ0n) is 64.5. The number of aliphatic hydroxyl groups excluding tert-OH is 20. The highest BCUT2D eigenvalue weighted by Gasteiger charge is 2.28. The Hall–Kier alpha value is -12.8. The molecule has 0 aliphatic heterocycles. The van der Waals surface area contributed by atoms with Crippen LogP contribution < -0.4 is 50.7 Å². The highest BCUT2D eigenvalue weighted by Crippen LogP contribution is 2.32. The first-order valence-electron chi connectivity index (χ1n) is 34.7. The van der Waals surface area contributed by atoms with Crippen LogP contribution in [0, 0.1) is 53.7 Å². The number of hydrogen-bond donors (Lipinski definition) is 26. The Kier molecular flexibility index (Phi) is 58.6. The van der Waals surface area contributed by atoms with Crippen molar-refractivity contribution >= 4 is 99.9 Å². The number of anilines is 10. The fraction of sp³-hybridized carbons (Fsp3) is 0.545. The van der Waals surface area contributed by atoms with Crippen LogP contribution in [0.25, 0.3) is 14.5 Å². The molecule has 0 amide bonds. The highest BCUT2D eigenvalue weighted by atomic mass is 16.4. The van der Waals surface area contributed by atoms with Gasteiger partial charge in [0.05, 0.1) is 142 Å². The first-order chi connectivity index (χ1) is 57.5. The van der Waals surface area contributed by atoms with E-state index in [0.29, 0.717) is 0 Å². The van der Waals surface area contributed by atoms with Crippen LogP contribution in [0.1, 0.15) is 38.1 Å². The number of hydrogen-bond acceptors (Lipinski definition) is 49. The number of nitrogens with one attached hydrogen (secondary N) is 4. The molecular weight excluding hydrogens is 1600 g/mol. The van der Waals surface area contributed by atoms with Gasteiger partial charge in [-0.25, -0.2) is 44.5 Å². The zero-order chi connectivity index (χ0) is 91.2. The number of nitriles is 3. The van der Waals surface area contributed by atoms with E-state index in [1.165, 1.54) is 41.8 Å². The maximum atomic E-state index is 11.5. The number of carbonyl (C=O) groups excluding carboxylic acids is 4. The SMILES string of the molecule is O=C(O)c1nc(N(CCO)CCO)cnc1N(CCO)CCO.O=C(O)c1nc(NCC(O)CO)cnc1NCC(O)CO.O=C=O.O=C=O.[C-]#[N+]c1nc(N(C)CC(O)CO)c(C#N)nc1N(C)CC(O)CO.[C-]#[N+]c1nc(N(CCO)CCO)c(C#N)nc1N(CCO)CCO.[C-]#[N+]c1nc(NCC(O)CO)c(C#N)nc1NCC(O)CO. The van der Waals surface area contributed by atoms with Gasteiger partial charge in [0.2, 0.25) is 17.1 Å². The lowest BCUT2D eigenvalue weighted by Crippen LogP contribution is -2.34. The molecule has 6 unspecified atom stereocenters. The van der Waals surface area contributed by atoms with Crippen molar-refractivity contribution in [2.75, 3.05) is 249 Å². The summed E-state index contributed by atoms with van der Waals surface area (Å²) in [6.45, 7) is 18.0. The van der Waals surface area contributed by atoms with Crippen molar-refractivity contribution in [1.82, 2.24) is 49.8 Å². The summed E-state index contributed by atoms with van der Waals surface area (Å²) < 4.78 is 0. The molecule has 5 rings (SSSR count). The van der Waals surface area contributed by atoms with Gasteiger partial charge in [0.15, 0.2) is 40.5 Å². The van der Waals surface area contributed by atoms with Crippen molar-refractivity contribution in [2.45, 2.75) is 36.6 Å². The van der Waals surface area contributed by atoms with E-state index in [1.807, 2.05) is 12.1 Å². The van der Waals surface area contributed by atoms with E-state index < -0.39 is 88.2 Å². The largest absolute Gasteiger partial charge is 0.476 e. The summed E-state index contributed by atoms with van der Waals surface area (Å²) in [5, 5.41) is 238. The molecule has 5 heterocycles. The van der Waals surface area contributed by atoms with Crippen LogP contribution >= 0.6 is 0 Å². The van der Waals surface area contributed by atoms with Crippen molar-refractivity contribution in [1.29, 1.82) is 15.8 Å². The molecule has 0 saturated carbocycles. The number of carboxylic acids is 2. The number of aliphatic hydroxyl groups is 20. The lowest BCUT2D eigenvalue weighted by atomic mass is 10.3. The van der Waals surface area contributed by atoms with Gasteiger partial charge >= 0.3 is 41.7 Å². The molecule has 120 heavy (non-hydrogen) atoms. The number of aromatic carboxylic acids is 2. The Bertz CT molecular complexity index is 3980. The van der Waals surface area contributed by atoms with E-state index in [0.717, 1.165) is 0 Å². The summed E-state index contributed by atoms with van der Waals surface area (Å²) in [4.78, 5) is 114. The molecule has 26 N–H and O–H groups in total. The average molecular weight is 1700 g/mol. The van der Waals surface area contributed by atoms with Gasteiger partial charge in [0.1, 0.15) is 29.8 Å². The number of nitrogens with zero attached hydrogens (tertiary/aromatic N) is 22. The van der Waals surface area contributed by atoms with E-state index in [2.05, 4.69) is 85.6 Å². The summed E-state index contributed by atoms with van der Waals surface area (Å²) in [6, 6.07) is 5.57. The topological polar surface area (TPSA) is 828 Å². The highest BCUT2D eigenvalue weighted by molar-refractivity contribution is 5.92. The van der Waals surface area contributed by atoms with Crippen LogP contribution in [0.2, 0.25) is 0 Å². The number of aromatic nitrogens is 10. The summed E-state index contributed by atoms with van der Waals surface area (Å²) in [6.07, 6.45) is -3.11. The van der Waals surface area contributed by atoms with Crippen molar-refractivity contribution in [3.05, 3.63) is 75.1 Å². The third kappa shape index (κ3) is 39.9. The van der Waals surface area contributed by atoms with Crippen molar-refractivity contribution in [3.8, 4) is 18.2 Å². The van der Waals surface area contributed by atoms with Crippen molar-refractivity contribution in [2.24, 2.45) is 0 Å². The monoisotopic (exact) mass is 1700 g/mol. The zero-order valence-corrected chi connectivity index (χ0v) is 64.5. The molecule has 0 aromatic carbocycles. The first kappa shape index (κ1) is 109. The van der Waals surface area contributed by atoms with Crippen molar-refractivity contribution in [3.63, 3.8) is 0 Å². The normalized spacial score (nSPS) is 11.5. The quantitative estimate of drug-likeness (QED) is 0.0161. The molecule has 0 bridgehead atoms. The second-order valence-corrected chi connectivity index (χ2v) is 23.0. The Labute approximate surface area is 683 Å². The van der Waals surface area contributed by atoms with Crippen LogP contribution in [-0.4, -0.2) is 421 Å². The Morgan fingerprint density at radius 2 is 0.725 bits per heavy atom. The number of likely N-dealkylation sites (N-methyl/N-ethyl adjacent to an activating group) is 2. The summed E-state index contributed by atoms with van der Waals surface area (Å²) in [5.74, 6) is -2.19. The second-order valence-electron chi connectivity index (χ2n) is 23.0. The molecule has 0 radical (unpaired) electrons. The van der Waals surface area contributed by atoms with Crippen LogP contribution in [0.5, 0.6) is 0 Å². The molecular formula is C66H96N26O28. The molecule has 54 nitrogen and oxygen atoms in total. The maximum absolute atomic E-state index is 11.5. The standard InChI is InChI=1S/2C14H20N6O4.C13H22N4O6.C12H16N6O4.C11H18N4O6.2CO2/c1-16-12-14(20(3)6-10(24)8-22)17-11(4-15)13(18-12)19(2)5-9(23)7-21;1-16-12-14(20(4-8-23)5-9-24)17-11(10-15)13(18-12)19(2-6-21)3-7-22;18-5-1-16(2-6-19)10-9-14-12(11(15-10)13(22)23)17(3-7-20)4-8-21;1-14-11-12(16-4-8(22)6-20)17-9(2-13)10(18-11)15-3-7(21)5-19;16-4-6(18)1-12-8-3-14-10(9(15-8)11(20)21)13-2-7(19)5-17;2*2-1-3/h9-10,21-24H,5-8H2,2-3H3;21-24H,2-9H2;9,18-21H,1-8H2,(H,22,23);7-8,19-22H,3-6H2,(H,15,18)(H,16,17);3,6-7,16-19H,1-2,4-5H2,(H,12,15)(H,13,14)(H,20,21);;. The van der Waals surface area contributed by atoms with Gasteiger partial charge in [-0.3, -0.25) is 0 Å². The number of rotatable bonds is 46. The molecule has 6 atom stereocenters. The van der Waals surface area contributed by atoms with Gasteiger partial charge in [-0.1, -0.05) is 34.7 Å². The fourth-order valence-electron chi connectivity index (χ4n) is 8.87. The summed E-state index contributed by atoms with van der Waals surface area (Å²) in [7, 11) is 3.11. The van der Waals surface area contributed by atoms with Gasteiger partial charge < -0.3 is 178 Å². The summed E-state index contributed by atoms with van der Waals surface area (Å²) in [5.41, 5.74) is -0.942. The lowest BCUT2D eigenvalue weighted by molar-refractivity contribution is -0.193. The Morgan fingerprint density at radius 1 is 0.383 bits per heavy atom. The van der Waals surface area contributed by atoms with E-state index in [-0.39, 0.29) is 261 Å². The average Bonchev–Trinajstić information content (AvgIpc) is 0.808. The van der Waals surface area contributed by atoms with Gasteiger partial charge in [-0.2, -0.15) is 35.0 Å². The van der Waals surface area contributed by atoms with Gasteiger partial charge in [-0.15, -0.1) is 0 Å². The van der Waals surface area contributed by atoms with Crippen LogP contribution in [0.15, 0.2) is 12.4 Å². The third-order valence-corrected chi connectivity index (χ3v) is 14.3. The second kappa shape index (κ2) is 64.3. The van der Waals surface area contributed by atoms with Crippen LogP contribution in [-0.2, 0) is 19.2 Å². The minimum absolute atomic E-state index is 0.00677. The lowest BCUT2D eigenvalue weighted by Gasteiger charge is -2.25. The molecule has 5 aromatic heterocycles. The van der Waals surface area contributed by atoms with E-state index in [4.69, 9.17) is 121 Å². The van der Waals surface area contributed by atoms with Crippen LogP contribution in [0.4, 0.5) is 75.6 Å². The molecule has 0 spiro atoms. The van der Waals surface area contributed by atoms with Gasteiger partial charge in [0, 0.05) is 106 Å². The van der Waals surface area contributed by atoms with Gasteiger partial charge in [-0.05, 0) is 0 Å². The molecule has 0 aliphatic rings. The molecule has 658 valence electrons. The van der Waals surface area contributed by atoms with E-state index >= 15 is 0 Å². The molecule has 0 aliphatic carbocycles. The smallest absolute Gasteiger partial charge is 0.373 e.